The number of hydrogen-bond acceptors (Lipinski definition) is 4. The molecule has 1 aliphatic heterocycles. The first kappa shape index (κ1) is 17.1. The summed E-state index contributed by atoms with van der Waals surface area (Å²) in [7, 11) is 0. The van der Waals surface area contributed by atoms with Crippen molar-refractivity contribution >= 4 is 23.1 Å². The molecule has 0 spiro atoms. The maximum atomic E-state index is 13.3. The summed E-state index contributed by atoms with van der Waals surface area (Å²) in [5.41, 5.74) is 2.61. The molecule has 4 rings (SSSR count). The van der Waals surface area contributed by atoms with E-state index in [1.165, 1.54) is 18.5 Å². The topological polar surface area (TPSA) is 58.1 Å². The molecule has 1 aromatic heterocycles. The number of benzene rings is 2. The molecule has 0 fully saturated rings. The molecule has 1 N–H and O–H groups in total. The summed E-state index contributed by atoms with van der Waals surface area (Å²) in [6.07, 6.45) is 4.61. The molecule has 136 valence electrons. The van der Waals surface area contributed by atoms with Crippen LogP contribution in [0.15, 0.2) is 54.9 Å². The van der Waals surface area contributed by atoms with Gasteiger partial charge in [0, 0.05) is 24.0 Å². The summed E-state index contributed by atoms with van der Waals surface area (Å²) in [6.45, 7) is 0.631. The van der Waals surface area contributed by atoms with Crippen molar-refractivity contribution in [3.8, 4) is 0 Å². The highest BCUT2D eigenvalue weighted by Gasteiger charge is 2.24. The lowest BCUT2D eigenvalue weighted by atomic mass is 10.0. The molecule has 0 atom stereocenters. The van der Waals surface area contributed by atoms with Crippen LogP contribution in [-0.2, 0) is 6.42 Å². The quantitative estimate of drug-likeness (QED) is 0.758. The van der Waals surface area contributed by atoms with Crippen LogP contribution >= 0.6 is 0 Å². The minimum absolute atomic E-state index is 0.214. The molecular weight excluding hydrogens is 350 g/mol. The molecular formula is C20H16F2N4O. The van der Waals surface area contributed by atoms with Crippen molar-refractivity contribution in [2.45, 2.75) is 12.8 Å². The SMILES string of the molecule is O=C(c1cnc(Nc2ccc(F)c(F)c2)cn1)N1CCCc2ccccc21. The van der Waals surface area contributed by atoms with Gasteiger partial charge in [-0.2, -0.15) is 0 Å². The Hall–Kier alpha value is -3.35. The first-order valence-corrected chi connectivity index (χ1v) is 8.56. The largest absolute Gasteiger partial charge is 0.339 e. The van der Waals surface area contributed by atoms with Crippen LogP contribution in [0.1, 0.15) is 22.5 Å². The van der Waals surface area contributed by atoms with E-state index in [-0.39, 0.29) is 11.6 Å². The maximum Gasteiger partial charge on any atom is 0.278 e. The van der Waals surface area contributed by atoms with Crippen LogP contribution in [0.2, 0.25) is 0 Å². The van der Waals surface area contributed by atoms with Gasteiger partial charge in [0.25, 0.3) is 5.91 Å². The summed E-state index contributed by atoms with van der Waals surface area (Å²) in [4.78, 5) is 22.9. The number of carbonyl (C=O) groups excluding carboxylic acids is 1. The van der Waals surface area contributed by atoms with E-state index in [1.54, 1.807) is 4.90 Å². The maximum absolute atomic E-state index is 13.3. The van der Waals surface area contributed by atoms with E-state index in [4.69, 9.17) is 0 Å². The molecule has 5 nitrogen and oxygen atoms in total. The molecule has 1 aliphatic rings. The Kier molecular flexibility index (Phi) is 4.50. The van der Waals surface area contributed by atoms with Crippen LogP contribution in [0.5, 0.6) is 0 Å². The zero-order valence-electron chi connectivity index (χ0n) is 14.3. The van der Waals surface area contributed by atoms with Gasteiger partial charge >= 0.3 is 0 Å². The number of carbonyl (C=O) groups is 1. The van der Waals surface area contributed by atoms with Gasteiger partial charge in [-0.25, -0.2) is 18.7 Å². The zero-order valence-corrected chi connectivity index (χ0v) is 14.3. The third-order valence-electron chi connectivity index (χ3n) is 4.42. The fraction of sp³-hybridized carbons (Fsp3) is 0.150. The summed E-state index contributed by atoms with van der Waals surface area (Å²) in [5, 5.41) is 2.83. The molecule has 0 radical (unpaired) electrons. The number of nitrogens with zero attached hydrogens (tertiary/aromatic N) is 3. The van der Waals surface area contributed by atoms with Gasteiger partial charge in [-0.05, 0) is 36.6 Å². The van der Waals surface area contributed by atoms with Gasteiger partial charge in [0.15, 0.2) is 11.6 Å². The lowest BCUT2D eigenvalue weighted by Gasteiger charge is -2.29. The highest BCUT2D eigenvalue weighted by atomic mass is 19.2. The van der Waals surface area contributed by atoms with Gasteiger partial charge in [-0.3, -0.25) is 4.79 Å². The summed E-state index contributed by atoms with van der Waals surface area (Å²) in [6, 6.07) is 11.3. The second-order valence-corrected chi connectivity index (χ2v) is 6.23. The van der Waals surface area contributed by atoms with Crippen molar-refractivity contribution in [1.29, 1.82) is 0 Å². The van der Waals surface area contributed by atoms with Crippen molar-refractivity contribution in [1.82, 2.24) is 9.97 Å². The predicted octanol–water partition coefficient (Wildman–Crippen LogP) is 4.09. The van der Waals surface area contributed by atoms with Crippen molar-refractivity contribution in [2.24, 2.45) is 0 Å². The molecule has 7 heteroatoms. The number of amides is 1. The molecule has 0 bridgehead atoms. The van der Waals surface area contributed by atoms with Crippen molar-refractivity contribution in [3.05, 3.63) is 77.8 Å². The average molecular weight is 366 g/mol. The van der Waals surface area contributed by atoms with E-state index in [0.717, 1.165) is 36.2 Å². The van der Waals surface area contributed by atoms with Crippen LogP contribution in [0.4, 0.5) is 26.0 Å². The first-order valence-electron chi connectivity index (χ1n) is 8.56. The van der Waals surface area contributed by atoms with Crippen LogP contribution in [-0.4, -0.2) is 22.4 Å². The molecule has 0 unspecified atom stereocenters. The van der Waals surface area contributed by atoms with Crippen molar-refractivity contribution in [3.63, 3.8) is 0 Å². The average Bonchev–Trinajstić information content (AvgIpc) is 2.70. The molecule has 2 heterocycles. The fourth-order valence-corrected chi connectivity index (χ4v) is 3.11. The third kappa shape index (κ3) is 3.48. The molecule has 27 heavy (non-hydrogen) atoms. The summed E-state index contributed by atoms with van der Waals surface area (Å²) in [5.74, 6) is -1.76. The van der Waals surface area contributed by atoms with E-state index in [1.807, 2.05) is 24.3 Å². The van der Waals surface area contributed by atoms with E-state index < -0.39 is 11.6 Å². The Morgan fingerprint density at radius 1 is 1.04 bits per heavy atom. The van der Waals surface area contributed by atoms with Crippen LogP contribution in [0.3, 0.4) is 0 Å². The van der Waals surface area contributed by atoms with Crippen LogP contribution < -0.4 is 10.2 Å². The second-order valence-electron chi connectivity index (χ2n) is 6.23. The molecule has 0 saturated carbocycles. The highest BCUT2D eigenvalue weighted by molar-refractivity contribution is 6.05. The van der Waals surface area contributed by atoms with Gasteiger partial charge < -0.3 is 10.2 Å². The number of hydrogen-bond donors (Lipinski definition) is 1. The Morgan fingerprint density at radius 3 is 2.67 bits per heavy atom. The Labute approximate surface area is 154 Å². The summed E-state index contributed by atoms with van der Waals surface area (Å²) < 4.78 is 26.3. The molecule has 0 saturated heterocycles. The molecule has 1 amide bonds. The Bertz CT molecular complexity index is 992. The number of aromatic nitrogens is 2. The van der Waals surface area contributed by atoms with Gasteiger partial charge in [0.2, 0.25) is 0 Å². The zero-order chi connectivity index (χ0) is 18.8. The lowest BCUT2D eigenvalue weighted by molar-refractivity contribution is 0.0980. The van der Waals surface area contributed by atoms with Crippen LogP contribution in [0, 0.1) is 11.6 Å². The third-order valence-corrected chi connectivity index (χ3v) is 4.42. The number of rotatable bonds is 3. The monoisotopic (exact) mass is 366 g/mol. The molecule has 0 aliphatic carbocycles. The van der Waals surface area contributed by atoms with E-state index >= 15 is 0 Å². The van der Waals surface area contributed by atoms with E-state index in [0.29, 0.717) is 18.1 Å². The van der Waals surface area contributed by atoms with Crippen molar-refractivity contribution < 1.29 is 13.6 Å². The van der Waals surface area contributed by atoms with E-state index in [9.17, 15) is 13.6 Å². The van der Waals surface area contributed by atoms with Crippen LogP contribution in [0.25, 0.3) is 0 Å². The van der Waals surface area contributed by atoms with Gasteiger partial charge in [-0.15, -0.1) is 0 Å². The molecule has 2 aromatic carbocycles. The van der Waals surface area contributed by atoms with Gasteiger partial charge in [0.1, 0.15) is 11.5 Å². The fourth-order valence-electron chi connectivity index (χ4n) is 3.11. The predicted molar refractivity (Wildman–Crippen MR) is 98.1 cm³/mol. The number of aryl methyl sites for hydroxylation is 1. The van der Waals surface area contributed by atoms with E-state index in [2.05, 4.69) is 15.3 Å². The minimum atomic E-state index is -0.955. The first-order chi connectivity index (χ1) is 13.1. The lowest BCUT2D eigenvalue weighted by Crippen LogP contribution is -2.36. The Morgan fingerprint density at radius 2 is 1.89 bits per heavy atom. The van der Waals surface area contributed by atoms with Crippen molar-refractivity contribution in [2.75, 3.05) is 16.8 Å². The summed E-state index contributed by atoms with van der Waals surface area (Å²) >= 11 is 0. The Balaban J connectivity index is 1.52. The van der Waals surface area contributed by atoms with Gasteiger partial charge in [0.05, 0.1) is 12.4 Å². The smallest absolute Gasteiger partial charge is 0.278 e. The molecule has 3 aromatic rings. The number of fused-ring (bicyclic) bond motifs is 1. The number of nitrogens with one attached hydrogen (secondary N) is 1. The second kappa shape index (κ2) is 7.11. The van der Waals surface area contributed by atoms with Gasteiger partial charge in [-0.1, -0.05) is 18.2 Å². The minimum Gasteiger partial charge on any atom is -0.339 e. The normalized spacial score (nSPS) is 13.2. The number of anilines is 3. The highest BCUT2D eigenvalue weighted by Crippen LogP contribution is 2.27. The standard InChI is InChI=1S/C20H16F2N4O/c21-15-8-7-14(10-16(15)22)25-19-12-23-17(11-24-19)20(27)26-9-3-5-13-4-1-2-6-18(13)26/h1-2,4,6-8,10-12H,3,5,9H2,(H,24,25). The number of halogens is 2. The number of para-hydroxylation sites is 1.